The van der Waals surface area contributed by atoms with Crippen molar-refractivity contribution in [3.63, 3.8) is 0 Å². The molecule has 3 aromatic rings. The highest BCUT2D eigenvalue weighted by Crippen LogP contribution is 2.32. The van der Waals surface area contributed by atoms with Gasteiger partial charge in [0.2, 0.25) is 0 Å². The average Bonchev–Trinajstić information content (AvgIpc) is 3.05. The zero-order valence-corrected chi connectivity index (χ0v) is 15.7. The molecule has 0 fully saturated rings. The van der Waals surface area contributed by atoms with Crippen LogP contribution in [0.25, 0.3) is 11.1 Å². The molecule has 0 bridgehead atoms. The van der Waals surface area contributed by atoms with E-state index < -0.39 is 5.76 Å². The Bertz CT molecular complexity index is 1060. The molecule has 9 nitrogen and oxygen atoms in total. The van der Waals surface area contributed by atoms with Gasteiger partial charge in [0, 0.05) is 18.3 Å². The average molecular weight is 399 g/mol. The highest BCUT2D eigenvalue weighted by atomic mass is 16.6. The minimum Gasteiger partial charge on any atom is -0.486 e. The summed E-state index contributed by atoms with van der Waals surface area (Å²) in [5, 5.41) is 5.45. The minimum absolute atomic E-state index is 0.319. The molecule has 1 aliphatic heterocycles. The Hall–Kier alpha value is -3.46. The number of nitrogens with one attached hydrogen (secondary N) is 2. The maximum atomic E-state index is 12.0. The maximum Gasteiger partial charge on any atom is 0.420 e. The van der Waals surface area contributed by atoms with Gasteiger partial charge >= 0.3 is 11.8 Å². The van der Waals surface area contributed by atoms with Gasteiger partial charge < -0.3 is 29.3 Å². The molecule has 0 unspecified atom stereocenters. The number of anilines is 1. The number of rotatable bonds is 7. The first-order valence-corrected chi connectivity index (χ1v) is 9.31. The Balaban J connectivity index is 1.17. The summed E-state index contributed by atoms with van der Waals surface area (Å²) in [6.07, 6.45) is 0. The van der Waals surface area contributed by atoms with Gasteiger partial charge in [0.25, 0.3) is 0 Å². The van der Waals surface area contributed by atoms with Gasteiger partial charge in [-0.05, 0) is 24.3 Å². The number of oxazole rings is 1. The number of hydrogen-bond acceptors (Lipinski definition) is 6. The van der Waals surface area contributed by atoms with Crippen molar-refractivity contribution in [2.75, 3.05) is 38.3 Å². The van der Waals surface area contributed by atoms with Crippen LogP contribution in [0.4, 0.5) is 10.5 Å². The number of ether oxygens (including phenoxy) is 3. The molecule has 1 aliphatic rings. The van der Waals surface area contributed by atoms with Crippen molar-refractivity contribution in [2.45, 2.75) is 6.54 Å². The van der Waals surface area contributed by atoms with Crippen molar-refractivity contribution in [3.8, 4) is 11.5 Å². The van der Waals surface area contributed by atoms with E-state index in [-0.39, 0.29) is 6.03 Å². The highest BCUT2D eigenvalue weighted by Gasteiger charge is 2.12. The van der Waals surface area contributed by atoms with Gasteiger partial charge in [0.1, 0.15) is 13.2 Å². The number of aromatic nitrogens is 1. The lowest BCUT2D eigenvalue weighted by Gasteiger charge is -2.19. The largest absolute Gasteiger partial charge is 0.486 e. The van der Waals surface area contributed by atoms with Gasteiger partial charge in [-0.3, -0.25) is 4.57 Å². The van der Waals surface area contributed by atoms with Gasteiger partial charge in [-0.25, -0.2) is 9.59 Å². The standard InChI is InChI=1S/C20H21N3O6/c24-19(22-14-5-6-17-18(13-14)28-12-11-27-17)21-7-9-26-10-8-23-15-3-1-2-4-16(15)29-20(23)25/h1-6,13H,7-12H2,(H2,21,22,24). The molecule has 29 heavy (non-hydrogen) atoms. The van der Waals surface area contributed by atoms with Crippen molar-refractivity contribution in [1.82, 2.24) is 9.88 Å². The Morgan fingerprint density at radius 2 is 1.90 bits per heavy atom. The van der Waals surface area contributed by atoms with E-state index in [0.29, 0.717) is 62.3 Å². The van der Waals surface area contributed by atoms with Crippen LogP contribution in [-0.4, -0.2) is 43.6 Å². The number of hydrogen-bond donors (Lipinski definition) is 2. The van der Waals surface area contributed by atoms with Crippen LogP contribution in [-0.2, 0) is 11.3 Å². The first-order valence-electron chi connectivity index (χ1n) is 9.31. The van der Waals surface area contributed by atoms with E-state index in [4.69, 9.17) is 18.6 Å². The molecule has 0 aliphatic carbocycles. The zero-order valence-electron chi connectivity index (χ0n) is 15.7. The Morgan fingerprint density at radius 3 is 2.79 bits per heavy atom. The van der Waals surface area contributed by atoms with Crippen molar-refractivity contribution in [3.05, 3.63) is 53.0 Å². The van der Waals surface area contributed by atoms with Crippen LogP contribution in [0, 0.1) is 0 Å². The van der Waals surface area contributed by atoms with E-state index in [9.17, 15) is 9.59 Å². The maximum absolute atomic E-state index is 12.0. The molecule has 2 aromatic carbocycles. The second kappa shape index (κ2) is 8.70. The van der Waals surface area contributed by atoms with Crippen LogP contribution < -0.4 is 25.9 Å². The SMILES string of the molecule is O=C(NCCOCCn1c(=O)oc2ccccc21)Nc1ccc2c(c1)OCCO2. The molecule has 0 radical (unpaired) electrons. The van der Waals surface area contributed by atoms with E-state index >= 15 is 0 Å². The predicted octanol–water partition coefficient (Wildman–Crippen LogP) is 2.20. The molecule has 0 saturated carbocycles. The second-order valence-corrected chi connectivity index (χ2v) is 6.34. The van der Waals surface area contributed by atoms with E-state index in [2.05, 4.69) is 10.6 Å². The molecule has 9 heteroatoms. The van der Waals surface area contributed by atoms with Crippen molar-refractivity contribution in [1.29, 1.82) is 0 Å². The molecule has 4 rings (SSSR count). The van der Waals surface area contributed by atoms with Gasteiger partial charge in [0.15, 0.2) is 17.1 Å². The number of amides is 2. The molecular formula is C20H21N3O6. The van der Waals surface area contributed by atoms with E-state index in [1.54, 1.807) is 24.3 Å². The van der Waals surface area contributed by atoms with Gasteiger partial charge in [-0.15, -0.1) is 0 Å². The fourth-order valence-electron chi connectivity index (χ4n) is 3.02. The van der Waals surface area contributed by atoms with E-state index in [1.807, 2.05) is 18.2 Å². The quantitative estimate of drug-likeness (QED) is 0.591. The van der Waals surface area contributed by atoms with Crippen LogP contribution in [0.5, 0.6) is 11.5 Å². The van der Waals surface area contributed by atoms with Crippen molar-refractivity contribution >= 4 is 22.8 Å². The monoisotopic (exact) mass is 399 g/mol. The summed E-state index contributed by atoms with van der Waals surface area (Å²) in [6, 6.07) is 12.1. The van der Waals surface area contributed by atoms with E-state index in [0.717, 1.165) is 5.52 Å². The molecule has 2 heterocycles. The molecule has 1 aromatic heterocycles. The smallest absolute Gasteiger partial charge is 0.420 e. The first kappa shape index (κ1) is 18.9. The number of nitrogens with zero attached hydrogens (tertiary/aromatic N) is 1. The van der Waals surface area contributed by atoms with Crippen LogP contribution >= 0.6 is 0 Å². The normalized spacial score (nSPS) is 12.7. The molecule has 152 valence electrons. The lowest BCUT2D eigenvalue weighted by Crippen LogP contribution is -2.32. The van der Waals surface area contributed by atoms with Crippen molar-refractivity contribution in [2.24, 2.45) is 0 Å². The molecular weight excluding hydrogens is 378 g/mol. The fraction of sp³-hybridized carbons (Fsp3) is 0.300. The highest BCUT2D eigenvalue weighted by molar-refractivity contribution is 5.89. The number of fused-ring (bicyclic) bond motifs is 2. The van der Waals surface area contributed by atoms with Crippen LogP contribution in [0.15, 0.2) is 51.7 Å². The molecule has 2 amide bonds. The number of carbonyl (C=O) groups excluding carboxylic acids is 1. The molecule has 0 saturated heterocycles. The summed E-state index contributed by atoms with van der Waals surface area (Å²) in [5.74, 6) is 0.867. The van der Waals surface area contributed by atoms with Crippen LogP contribution in [0.2, 0.25) is 0 Å². The second-order valence-electron chi connectivity index (χ2n) is 6.34. The lowest BCUT2D eigenvalue weighted by molar-refractivity contribution is 0.128. The number of carbonyl (C=O) groups is 1. The summed E-state index contributed by atoms with van der Waals surface area (Å²) >= 11 is 0. The summed E-state index contributed by atoms with van der Waals surface area (Å²) < 4.78 is 23.1. The zero-order chi connectivity index (χ0) is 20.1. The molecule has 0 spiro atoms. The first-order chi connectivity index (χ1) is 14.2. The van der Waals surface area contributed by atoms with Gasteiger partial charge in [-0.2, -0.15) is 0 Å². The third-order valence-electron chi connectivity index (χ3n) is 4.36. The lowest BCUT2D eigenvalue weighted by atomic mass is 10.2. The minimum atomic E-state index is -0.410. The third-order valence-corrected chi connectivity index (χ3v) is 4.36. The van der Waals surface area contributed by atoms with Gasteiger partial charge in [-0.1, -0.05) is 12.1 Å². The molecule has 2 N–H and O–H groups in total. The number of para-hydroxylation sites is 2. The van der Waals surface area contributed by atoms with Gasteiger partial charge in [0.05, 0.1) is 25.3 Å². The summed E-state index contributed by atoms with van der Waals surface area (Å²) in [4.78, 5) is 23.9. The number of urea groups is 1. The Labute approximate surface area is 166 Å². The van der Waals surface area contributed by atoms with Crippen LogP contribution in [0.1, 0.15) is 0 Å². The summed E-state index contributed by atoms with van der Waals surface area (Å²) in [7, 11) is 0. The van der Waals surface area contributed by atoms with E-state index in [1.165, 1.54) is 4.57 Å². The summed E-state index contributed by atoms with van der Waals surface area (Å²) in [5.41, 5.74) is 1.90. The molecule has 0 atom stereocenters. The van der Waals surface area contributed by atoms with Crippen molar-refractivity contribution < 1.29 is 23.4 Å². The topological polar surface area (TPSA) is 104 Å². The Kier molecular flexibility index (Phi) is 5.66. The summed E-state index contributed by atoms with van der Waals surface area (Å²) in [6.45, 7) is 2.36. The van der Waals surface area contributed by atoms with Crippen LogP contribution in [0.3, 0.4) is 0 Å². The third kappa shape index (κ3) is 4.52. The number of benzene rings is 2. The fourth-order valence-corrected chi connectivity index (χ4v) is 3.02. The predicted molar refractivity (Wildman–Crippen MR) is 106 cm³/mol. The Morgan fingerprint density at radius 1 is 1.07 bits per heavy atom.